The van der Waals surface area contributed by atoms with Crippen LogP contribution in [0.5, 0.6) is 0 Å². The van der Waals surface area contributed by atoms with Gasteiger partial charge in [0.05, 0.1) is 10.7 Å². The predicted molar refractivity (Wildman–Crippen MR) is 71.8 cm³/mol. The van der Waals surface area contributed by atoms with E-state index in [1.54, 1.807) is 7.05 Å². The average Bonchev–Trinajstić information content (AvgIpc) is 2.14. The third-order valence-corrected chi connectivity index (χ3v) is 4.70. The van der Waals surface area contributed by atoms with Crippen molar-refractivity contribution in [3.05, 3.63) is 0 Å². The molecule has 0 rings (SSSR count). The second kappa shape index (κ2) is 6.51. The van der Waals surface area contributed by atoms with Crippen molar-refractivity contribution >= 4 is 27.2 Å². The summed E-state index contributed by atoms with van der Waals surface area (Å²) in [6.45, 7) is 6.20. The first-order chi connectivity index (χ1) is 7.16. The fourth-order valence-electron chi connectivity index (χ4n) is 1.13. The molecule has 0 aromatic carbocycles. The van der Waals surface area contributed by atoms with Gasteiger partial charge in [0.2, 0.25) is 10.0 Å². The topological polar surface area (TPSA) is 63.4 Å². The number of rotatable bonds is 7. The van der Waals surface area contributed by atoms with E-state index in [9.17, 15) is 8.42 Å². The van der Waals surface area contributed by atoms with Crippen LogP contribution in [0.25, 0.3) is 0 Å². The molecule has 1 unspecified atom stereocenters. The van der Waals surface area contributed by atoms with E-state index in [1.165, 1.54) is 4.31 Å². The van der Waals surface area contributed by atoms with Gasteiger partial charge in [-0.3, -0.25) is 0 Å². The smallest absolute Gasteiger partial charge is 0.213 e. The number of hydrogen-bond acceptors (Lipinski definition) is 3. The highest BCUT2D eigenvalue weighted by molar-refractivity contribution is 7.89. The molecule has 6 heteroatoms. The summed E-state index contributed by atoms with van der Waals surface area (Å²) >= 11 is 4.82. The zero-order chi connectivity index (χ0) is 12.9. The van der Waals surface area contributed by atoms with Crippen molar-refractivity contribution in [3.8, 4) is 0 Å². The molecule has 0 aliphatic heterocycles. The second-order valence-corrected chi connectivity index (χ2v) is 7.25. The molecule has 0 heterocycles. The van der Waals surface area contributed by atoms with Crippen LogP contribution in [0.2, 0.25) is 0 Å². The quantitative estimate of drug-likeness (QED) is 0.704. The fraction of sp³-hybridized carbons (Fsp3) is 0.900. The SMILES string of the molecule is CC(C)CCS(=O)(=O)N(C)CC(C)C(N)=S. The molecule has 1 atom stereocenters. The van der Waals surface area contributed by atoms with Crippen molar-refractivity contribution in [2.24, 2.45) is 17.6 Å². The number of hydrogen-bond donors (Lipinski definition) is 1. The third kappa shape index (κ3) is 5.77. The molecule has 0 bridgehead atoms. The van der Waals surface area contributed by atoms with Crippen molar-refractivity contribution in [3.63, 3.8) is 0 Å². The lowest BCUT2D eigenvalue weighted by Gasteiger charge is -2.21. The van der Waals surface area contributed by atoms with E-state index < -0.39 is 10.0 Å². The van der Waals surface area contributed by atoms with Gasteiger partial charge in [0, 0.05) is 19.5 Å². The summed E-state index contributed by atoms with van der Waals surface area (Å²) in [6.07, 6.45) is 0.675. The van der Waals surface area contributed by atoms with Crippen molar-refractivity contribution in [2.75, 3.05) is 19.3 Å². The molecule has 2 N–H and O–H groups in total. The second-order valence-electron chi connectivity index (χ2n) is 4.58. The minimum Gasteiger partial charge on any atom is -0.393 e. The van der Waals surface area contributed by atoms with Crippen LogP contribution in [0.4, 0.5) is 0 Å². The molecule has 0 amide bonds. The summed E-state index contributed by atoms with van der Waals surface area (Å²) in [5, 5.41) is 0. The van der Waals surface area contributed by atoms with Crippen molar-refractivity contribution in [1.82, 2.24) is 4.31 Å². The highest BCUT2D eigenvalue weighted by Crippen LogP contribution is 2.09. The average molecular weight is 266 g/mol. The first-order valence-electron chi connectivity index (χ1n) is 5.40. The highest BCUT2D eigenvalue weighted by atomic mass is 32.2. The molecule has 0 fully saturated rings. The van der Waals surface area contributed by atoms with Gasteiger partial charge in [-0.1, -0.05) is 33.0 Å². The predicted octanol–water partition coefficient (Wildman–Crippen LogP) is 1.22. The summed E-state index contributed by atoms with van der Waals surface area (Å²) in [4.78, 5) is 0.353. The van der Waals surface area contributed by atoms with Crippen molar-refractivity contribution in [1.29, 1.82) is 0 Å². The Kier molecular flexibility index (Phi) is 6.43. The molecular weight excluding hydrogens is 244 g/mol. The van der Waals surface area contributed by atoms with Gasteiger partial charge < -0.3 is 5.73 Å². The van der Waals surface area contributed by atoms with Crippen molar-refractivity contribution < 1.29 is 8.42 Å². The maximum absolute atomic E-state index is 11.8. The molecular formula is C10H22N2O2S2. The van der Waals surface area contributed by atoms with Crippen LogP contribution < -0.4 is 5.73 Å². The maximum Gasteiger partial charge on any atom is 0.213 e. The van der Waals surface area contributed by atoms with Crippen LogP contribution in [0.3, 0.4) is 0 Å². The Hall–Kier alpha value is -0.200. The molecule has 16 heavy (non-hydrogen) atoms. The van der Waals surface area contributed by atoms with Gasteiger partial charge in [-0.05, 0) is 12.3 Å². The molecule has 0 aromatic heterocycles. The van der Waals surface area contributed by atoms with Gasteiger partial charge in [-0.25, -0.2) is 12.7 Å². The summed E-state index contributed by atoms with van der Waals surface area (Å²) in [6, 6.07) is 0. The minimum absolute atomic E-state index is 0.0891. The lowest BCUT2D eigenvalue weighted by Crippen LogP contribution is -2.36. The van der Waals surface area contributed by atoms with Crippen LogP contribution in [0.1, 0.15) is 27.2 Å². The van der Waals surface area contributed by atoms with Crippen LogP contribution in [-0.2, 0) is 10.0 Å². The molecule has 0 aliphatic rings. The lowest BCUT2D eigenvalue weighted by atomic mass is 10.2. The Balaban J connectivity index is 4.35. The van der Waals surface area contributed by atoms with E-state index in [-0.39, 0.29) is 11.7 Å². The van der Waals surface area contributed by atoms with Crippen LogP contribution in [-0.4, -0.2) is 37.1 Å². The first-order valence-corrected chi connectivity index (χ1v) is 7.42. The molecule has 0 aliphatic carbocycles. The molecule has 4 nitrogen and oxygen atoms in total. The number of thiocarbonyl (C=S) groups is 1. The van der Waals surface area contributed by atoms with Gasteiger partial charge in [-0.2, -0.15) is 0 Å². The lowest BCUT2D eigenvalue weighted by molar-refractivity contribution is 0.441. The van der Waals surface area contributed by atoms with Gasteiger partial charge in [0.1, 0.15) is 0 Å². The van der Waals surface area contributed by atoms with E-state index in [4.69, 9.17) is 18.0 Å². The molecule has 0 radical (unpaired) electrons. The highest BCUT2D eigenvalue weighted by Gasteiger charge is 2.20. The fourth-order valence-corrected chi connectivity index (χ4v) is 2.74. The van der Waals surface area contributed by atoms with Crippen molar-refractivity contribution in [2.45, 2.75) is 27.2 Å². The summed E-state index contributed by atoms with van der Waals surface area (Å²) in [7, 11) is -1.59. The number of nitrogens with two attached hydrogens (primary N) is 1. The zero-order valence-electron chi connectivity index (χ0n) is 10.4. The summed E-state index contributed by atoms with van der Waals surface area (Å²) < 4.78 is 25.0. The van der Waals surface area contributed by atoms with Crippen LogP contribution in [0, 0.1) is 11.8 Å². The van der Waals surface area contributed by atoms with Crippen LogP contribution >= 0.6 is 12.2 Å². The van der Waals surface area contributed by atoms with E-state index in [1.807, 2.05) is 20.8 Å². The van der Waals surface area contributed by atoms with E-state index in [0.29, 0.717) is 23.9 Å². The summed E-state index contributed by atoms with van der Waals surface area (Å²) in [5.74, 6) is 0.482. The summed E-state index contributed by atoms with van der Waals surface area (Å²) in [5.41, 5.74) is 5.46. The van der Waals surface area contributed by atoms with E-state index >= 15 is 0 Å². The molecule has 0 aromatic rings. The molecule has 0 spiro atoms. The Morgan fingerprint density at radius 1 is 1.38 bits per heavy atom. The van der Waals surface area contributed by atoms with Gasteiger partial charge >= 0.3 is 0 Å². The van der Waals surface area contributed by atoms with Gasteiger partial charge in [0.25, 0.3) is 0 Å². The minimum atomic E-state index is -3.17. The Morgan fingerprint density at radius 3 is 2.25 bits per heavy atom. The zero-order valence-corrected chi connectivity index (χ0v) is 12.1. The Morgan fingerprint density at radius 2 is 1.88 bits per heavy atom. The molecule has 96 valence electrons. The van der Waals surface area contributed by atoms with Gasteiger partial charge in [0.15, 0.2) is 0 Å². The molecule has 0 saturated heterocycles. The van der Waals surface area contributed by atoms with E-state index in [2.05, 4.69) is 0 Å². The number of sulfonamides is 1. The third-order valence-electron chi connectivity index (χ3n) is 2.44. The Bertz CT molecular complexity index is 326. The van der Waals surface area contributed by atoms with Crippen LogP contribution in [0.15, 0.2) is 0 Å². The Labute approximate surface area is 104 Å². The monoisotopic (exact) mass is 266 g/mol. The number of nitrogens with zero attached hydrogens (tertiary/aromatic N) is 1. The first kappa shape index (κ1) is 15.8. The van der Waals surface area contributed by atoms with E-state index in [0.717, 1.165) is 0 Å². The normalized spacial score (nSPS) is 14.4. The largest absolute Gasteiger partial charge is 0.393 e. The maximum atomic E-state index is 11.8. The van der Waals surface area contributed by atoms with Gasteiger partial charge in [-0.15, -0.1) is 0 Å². The standard InChI is InChI=1S/C10H22N2O2S2/c1-8(2)5-6-16(13,14)12(4)7-9(3)10(11)15/h8-9H,5-7H2,1-4H3,(H2,11,15). The molecule has 0 saturated carbocycles.